The third kappa shape index (κ3) is 2.59. The molecule has 0 unspecified atom stereocenters. The molecule has 0 atom stereocenters. The van der Waals surface area contributed by atoms with Crippen LogP contribution >= 0.6 is 0 Å². The smallest absolute Gasteiger partial charge is 0.196 e. The van der Waals surface area contributed by atoms with Crippen molar-refractivity contribution in [2.45, 2.75) is 12.8 Å². The second kappa shape index (κ2) is 6.63. The van der Waals surface area contributed by atoms with Gasteiger partial charge in [0.1, 0.15) is 5.52 Å². The number of benzene rings is 2. The molecule has 6 nitrogen and oxygen atoms in total. The highest BCUT2D eigenvalue weighted by Crippen LogP contribution is 2.46. The predicted molar refractivity (Wildman–Crippen MR) is 111 cm³/mol. The van der Waals surface area contributed by atoms with Crippen LogP contribution in [0.25, 0.3) is 22.2 Å². The van der Waals surface area contributed by atoms with Crippen LogP contribution in [0.15, 0.2) is 34.9 Å². The number of nitrogens with one attached hydrogen (secondary N) is 1. The maximum absolute atomic E-state index is 13.4. The summed E-state index contributed by atoms with van der Waals surface area (Å²) < 4.78 is 5.80. The lowest BCUT2D eigenvalue weighted by Gasteiger charge is -2.23. The van der Waals surface area contributed by atoms with Crippen molar-refractivity contribution in [2.24, 2.45) is 0 Å². The molecule has 1 saturated heterocycles. The molecule has 0 spiro atoms. The molecule has 28 heavy (non-hydrogen) atoms. The second-order valence-corrected chi connectivity index (χ2v) is 7.85. The van der Waals surface area contributed by atoms with E-state index in [0.717, 1.165) is 54.0 Å². The monoisotopic (exact) mass is 376 g/mol. The van der Waals surface area contributed by atoms with Crippen LogP contribution in [-0.4, -0.2) is 56.1 Å². The Kier molecular flexibility index (Phi) is 4.09. The van der Waals surface area contributed by atoms with Crippen molar-refractivity contribution < 1.29 is 9.32 Å². The molecule has 2 heterocycles. The number of likely N-dealkylation sites (N-methyl/N-ethyl adjacent to an activating group) is 1. The number of hydrogen-bond acceptors (Lipinski definition) is 6. The van der Waals surface area contributed by atoms with E-state index >= 15 is 0 Å². The average Bonchev–Trinajstić information content (AvgIpc) is 3.37. The minimum atomic E-state index is 0.0385. The van der Waals surface area contributed by atoms with E-state index in [1.807, 2.05) is 38.4 Å². The second-order valence-electron chi connectivity index (χ2n) is 7.85. The van der Waals surface area contributed by atoms with Crippen LogP contribution < -0.4 is 10.2 Å². The molecule has 2 aromatic carbocycles. The van der Waals surface area contributed by atoms with Gasteiger partial charge in [0.15, 0.2) is 11.5 Å². The predicted octanol–water partition coefficient (Wildman–Crippen LogP) is 3.61. The highest BCUT2D eigenvalue weighted by Gasteiger charge is 2.33. The molecular weight excluding hydrogens is 352 g/mol. The summed E-state index contributed by atoms with van der Waals surface area (Å²) in [6.45, 7) is 3.68. The molecule has 0 amide bonds. The Morgan fingerprint density at radius 2 is 1.93 bits per heavy atom. The molecule has 0 saturated carbocycles. The minimum absolute atomic E-state index is 0.0385. The van der Waals surface area contributed by atoms with Gasteiger partial charge in [-0.1, -0.05) is 29.4 Å². The van der Waals surface area contributed by atoms with Gasteiger partial charge in [-0.3, -0.25) is 4.79 Å². The number of fused-ring (bicyclic) bond motifs is 2. The van der Waals surface area contributed by atoms with E-state index in [2.05, 4.69) is 26.3 Å². The number of hydrogen-bond donors (Lipinski definition) is 1. The summed E-state index contributed by atoms with van der Waals surface area (Å²) >= 11 is 0. The van der Waals surface area contributed by atoms with Crippen LogP contribution in [-0.2, 0) is 0 Å². The molecule has 5 rings (SSSR count). The highest BCUT2D eigenvalue weighted by molar-refractivity contribution is 6.28. The summed E-state index contributed by atoms with van der Waals surface area (Å²) in [5.74, 6) is 0.744. The van der Waals surface area contributed by atoms with Crippen LogP contribution in [0, 0.1) is 0 Å². The number of nitrogens with zero attached hydrogens (tertiary/aromatic N) is 3. The van der Waals surface area contributed by atoms with Crippen LogP contribution in [0.2, 0.25) is 0 Å². The summed E-state index contributed by atoms with van der Waals surface area (Å²) in [6.07, 6.45) is 2.36. The molecule has 1 aliphatic carbocycles. The van der Waals surface area contributed by atoms with E-state index in [1.54, 1.807) is 0 Å². The van der Waals surface area contributed by atoms with Gasteiger partial charge in [-0.2, -0.15) is 0 Å². The molecule has 6 heteroatoms. The first-order valence-corrected chi connectivity index (χ1v) is 9.89. The molecule has 2 aliphatic rings. The van der Waals surface area contributed by atoms with Crippen molar-refractivity contribution >= 4 is 28.1 Å². The molecule has 1 fully saturated rings. The third-order valence-electron chi connectivity index (χ3n) is 5.70. The topological polar surface area (TPSA) is 61.6 Å². The lowest BCUT2D eigenvalue weighted by Crippen LogP contribution is -2.23. The van der Waals surface area contributed by atoms with Gasteiger partial charge in [0.2, 0.25) is 0 Å². The van der Waals surface area contributed by atoms with Crippen molar-refractivity contribution in [2.75, 3.05) is 50.5 Å². The number of aromatic nitrogens is 1. The quantitative estimate of drug-likeness (QED) is 0.574. The maximum Gasteiger partial charge on any atom is 0.196 e. The van der Waals surface area contributed by atoms with Crippen molar-refractivity contribution in [3.8, 4) is 11.3 Å². The number of anilines is 2. The van der Waals surface area contributed by atoms with Crippen LogP contribution in [0.1, 0.15) is 28.8 Å². The zero-order valence-corrected chi connectivity index (χ0v) is 16.3. The molecule has 3 aromatic rings. The van der Waals surface area contributed by atoms with Gasteiger partial charge < -0.3 is 19.6 Å². The van der Waals surface area contributed by atoms with Crippen molar-refractivity contribution in [3.05, 3.63) is 41.5 Å². The average molecular weight is 376 g/mol. The molecular formula is C22H24N4O2. The Morgan fingerprint density at radius 1 is 1.18 bits per heavy atom. The summed E-state index contributed by atoms with van der Waals surface area (Å²) in [6, 6.07) is 9.74. The number of carbonyl (C=O) groups is 1. The lowest BCUT2D eigenvalue weighted by atomic mass is 9.86. The van der Waals surface area contributed by atoms with Crippen molar-refractivity contribution in [3.63, 3.8) is 0 Å². The fourth-order valence-electron chi connectivity index (χ4n) is 4.29. The number of rotatable bonds is 5. The molecule has 1 aliphatic heterocycles. The van der Waals surface area contributed by atoms with Gasteiger partial charge in [-0.25, -0.2) is 0 Å². The maximum atomic E-state index is 13.4. The lowest BCUT2D eigenvalue weighted by molar-refractivity contribution is 0.104. The number of carbonyl (C=O) groups excluding carboxylic acids is 1. The molecule has 144 valence electrons. The summed E-state index contributed by atoms with van der Waals surface area (Å²) in [4.78, 5) is 17.9. The molecule has 0 bridgehead atoms. The van der Waals surface area contributed by atoms with Gasteiger partial charge in [-0.05, 0) is 33.0 Å². The zero-order valence-electron chi connectivity index (χ0n) is 16.3. The SMILES string of the molecule is CN(C)CCNc1cc(N2CCCC2)c2noc3c2c1C(=O)c1ccccc1-3. The van der Waals surface area contributed by atoms with E-state index in [4.69, 9.17) is 4.52 Å². The Hall–Kier alpha value is -2.86. The normalized spacial score (nSPS) is 15.5. The molecule has 1 N–H and O–H groups in total. The summed E-state index contributed by atoms with van der Waals surface area (Å²) in [5, 5.41) is 8.77. The molecule has 1 aromatic heterocycles. The van der Waals surface area contributed by atoms with Crippen molar-refractivity contribution in [1.82, 2.24) is 10.1 Å². The first-order valence-electron chi connectivity index (χ1n) is 9.89. The van der Waals surface area contributed by atoms with Gasteiger partial charge in [0.25, 0.3) is 0 Å². The standard InChI is InChI=1S/C22H24N4O2/c1-25(2)12-9-23-16-13-17(26-10-5-6-11-26)20-19-18(16)21(27)14-7-3-4-8-15(14)22(19)28-24-20/h3-4,7-8,13,23H,5-6,9-12H2,1-2H3. The van der Waals surface area contributed by atoms with Gasteiger partial charge in [0, 0.05) is 43.0 Å². The third-order valence-corrected chi connectivity index (χ3v) is 5.70. The molecule has 0 radical (unpaired) electrons. The Labute approximate surface area is 164 Å². The van der Waals surface area contributed by atoms with Crippen LogP contribution in [0.4, 0.5) is 11.4 Å². The van der Waals surface area contributed by atoms with Gasteiger partial charge >= 0.3 is 0 Å². The Bertz CT molecular complexity index is 1060. The van der Waals surface area contributed by atoms with Crippen LogP contribution in [0.3, 0.4) is 0 Å². The largest absolute Gasteiger partial charge is 0.383 e. The van der Waals surface area contributed by atoms with Crippen LogP contribution in [0.5, 0.6) is 0 Å². The van der Waals surface area contributed by atoms with Gasteiger partial charge in [0.05, 0.1) is 16.6 Å². The first kappa shape index (κ1) is 17.3. The number of ketones is 1. The van der Waals surface area contributed by atoms with Gasteiger partial charge in [-0.15, -0.1) is 0 Å². The Morgan fingerprint density at radius 3 is 2.68 bits per heavy atom. The van der Waals surface area contributed by atoms with E-state index < -0.39 is 0 Å². The highest BCUT2D eigenvalue weighted by atomic mass is 16.5. The van der Waals surface area contributed by atoms with E-state index in [9.17, 15) is 4.79 Å². The zero-order chi connectivity index (χ0) is 19.3. The van der Waals surface area contributed by atoms with Crippen molar-refractivity contribution in [1.29, 1.82) is 0 Å². The van der Waals surface area contributed by atoms with E-state index in [-0.39, 0.29) is 5.78 Å². The summed E-state index contributed by atoms with van der Waals surface area (Å²) in [7, 11) is 4.09. The minimum Gasteiger partial charge on any atom is -0.383 e. The van der Waals surface area contributed by atoms with E-state index in [1.165, 1.54) is 12.8 Å². The first-order chi connectivity index (χ1) is 13.6. The van der Waals surface area contributed by atoms with E-state index in [0.29, 0.717) is 16.9 Å². The Balaban J connectivity index is 1.73. The fourth-order valence-corrected chi connectivity index (χ4v) is 4.29. The summed E-state index contributed by atoms with van der Waals surface area (Å²) in [5.41, 5.74) is 4.93. The fraction of sp³-hybridized carbons (Fsp3) is 0.364.